The predicted molar refractivity (Wildman–Crippen MR) is 151 cm³/mol. The number of aryl methyl sites for hydroxylation is 3. The van der Waals surface area contributed by atoms with Crippen LogP contribution in [-0.4, -0.2) is 24.5 Å². The summed E-state index contributed by atoms with van der Waals surface area (Å²) in [6.45, 7) is 6.37. The van der Waals surface area contributed by atoms with Gasteiger partial charge in [0.25, 0.3) is 11.5 Å². The Morgan fingerprint density at radius 3 is 2.25 bits per heavy atom. The molecule has 1 aliphatic heterocycles. The molecule has 36 heavy (non-hydrogen) atoms. The summed E-state index contributed by atoms with van der Waals surface area (Å²) >= 11 is 8.16. The Bertz CT molecular complexity index is 1590. The van der Waals surface area contributed by atoms with Gasteiger partial charge in [-0.2, -0.15) is 0 Å². The molecule has 3 heterocycles. The Labute approximate surface area is 223 Å². The van der Waals surface area contributed by atoms with Crippen LogP contribution in [0.5, 0.6) is 0 Å². The summed E-state index contributed by atoms with van der Waals surface area (Å²) < 4.78 is 2.01. The van der Waals surface area contributed by atoms with Crippen molar-refractivity contribution in [2.45, 2.75) is 37.2 Å². The van der Waals surface area contributed by atoms with E-state index in [1.54, 1.807) is 17.2 Å². The lowest BCUT2D eigenvalue weighted by Gasteiger charge is -2.14. The van der Waals surface area contributed by atoms with Crippen molar-refractivity contribution in [3.8, 4) is 0 Å². The summed E-state index contributed by atoms with van der Waals surface area (Å²) in [5.41, 5.74) is 4.96. The van der Waals surface area contributed by atoms with Gasteiger partial charge in [0.05, 0.1) is 17.0 Å². The van der Waals surface area contributed by atoms with E-state index >= 15 is 0 Å². The summed E-state index contributed by atoms with van der Waals surface area (Å²) in [6, 6.07) is 19.8. The minimum atomic E-state index is -0.220. The molecule has 1 saturated heterocycles. The zero-order valence-corrected chi connectivity index (χ0v) is 22.5. The summed E-state index contributed by atoms with van der Waals surface area (Å²) in [6.07, 6.45) is 3.42. The van der Waals surface area contributed by atoms with Crippen molar-refractivity contribution in [3.63, 3.8) is 0 Å². The van der Waals surface area contributed by atoms with Crippen molar-refractivity contribution >= 4 is 57.7 Å². The Kier molecular flexibility index (Phi) is 6.83. The van der Waals surface area contributed by atoms with Crippen molar-refractivity contribution in [1.82, 2.24) is 14.3 Å². The van der Waals surface area contributed by atoms with Crippen LogP contribution in [0.15, 0.2) is 86.5 Å². The van der Waals surface area contributed by atoms with Gasteiger partial charge in [0.1, 0.15) is 15.0 Å². The van der Waals surface area contributed by atoms with Crippen molar-refractivity contribution in [1.29, 1.82) is 0 Å². The Balaban J connectivity index is 1.56. The van der Waals surface area contributed by atoms with Gasteiger partial charge in [0, 0.05) is 11.1 Å². The fourth-order valence-electron chi connectivity index (χ4n) is 3.80. The number of nitrogens with zero attached hydrogens (tertiary/aromatic N) is 3. The normalized spacial score (nSPS) is 14.9. The minimum Gasteiger partial charge on any atom is -0.288 e. The largest absolute Gasteiger partial charge is 0.288 e. The van der Waals surface area contributed by atoms with Crippen LogP contribution in [0.2, 0.25) is 0 Å². The first-order valence-electron chi connectivity index (χ1n) is 11.4. The first kappa shape index (κ1) is 24.5. The van der Waals surface area contributed by atoms with Crippen molar-refractivity contribution in [2.24, 2.45) is 0 Å². The minimum absolute atomic E-state index is 0.203. The number of rotatable bonds is 5. The van der Waals surface area contributed by atoms with Gasteiger partial charge >= 0.3 is 0 Å². The molecule has 0 radical (unpaired) electrons. The zero-order valence-electron chi connectivity index (χ0n) is 20.0. The highest BCUT2D eigenvalue weighted by Gasteiger charge is 2.32. The second kappa shape index (κ2) is 10.0. The molecular formula is C28H23N3O2S3. The number of thiocarbonyl (C=S) groups is 1. The number of benzene rings is 2. The number of aromatic nitrogens is 2. The van der Waals surface area contributed by atoms with E-state index in [1.165, 1.54) is 27.9 Å². The fraction of sp³-hybridized carbons (Fsp3) is 0.143. The van der Waals surface area contributed by atoms with E-state index in [1.807, 2.05) is 81.4 Å². The molecule has 180 valence electrons. The van der Waals surface area contributed by atoms with E-state index < -0.39 is 0 Å². The number of fused-ring (bicyclic) bond motifs is 1. The second-order valence-corrected chi connectivity index (χ2v) is 11.5. The second-order valence-electron chi connectivity index (χ2n) is 8.74. The van der Waals surface area contributed by atoms with Crippen molar-refractivity contribution < 1.29 is 4.79 Å². The molecule has 0 atom stereocenters. The van der Waals surface area contributed by atoms with Crippen LogP contribution in [0, 0.1) is 20.8 Å². The Hall–Kier alpha value is -3.20. The van der Waals surface area contributed by atoms with Crippen LogP contribution in [-0.2, 0) is 11.3 Å². The quantitative estimate of drug-likeness (QED) is 0.175. The highest BCUT2D eigenvalue weighted by Crippen LogP contribution is 2.36. The average Bonchev–Trinajstić information content (AvgIpc) is 3.12. The SMILES string of the molecule is Cc1ccc(CN2C(=O)C(=Cc3c(Sc4ccc(C)cc4)nc4ccc(C)cn4c3=O)SC2=S)cc1. The molecular weight excluding hydrogens is 507 g/mol. The average molecular weight is 530 g/mol. The van der Waals surface area contributed by atoms with E-state index in [0.29, 0.717) is 32.0 Å². The van der Waals surface area contributed by atoms with E-state index in [0.717, 1.165) is 27.1 Å². The lowest BCUT2D eigenvalue weighted by molar-refractivity contribution is -0.122. The van der Waals surface area contributed by atoms with Crippen molar-refractivity contribution in [3.05, 3.63) is 110 Å². The maximum absolute atomic E-state index is 13.6. The number of thioether (sulfide) groups is 1. The van der Waals surface area contributed by atoms with Crippen LogP contribution in [0.25, 0.3) is 11.7 Å². The van der Waals surface area contributed by atoms with Gasteiger partial charge < -0.3 is 0 Å². The van der Waals surface area contributed by atoms with Crippen LogP contribution >= 0.6 is 35.7 Å². The summed E-state index contributed by atoms with van der Waals surface area (Å²) in [7, 11) is 0. The third-order valence-corrected chi connectivity index (χ3v) is 8.21. The van der Waals surface area contributed by atoms with Crippen LogP contribution in [0.1, 0.15) is 27.8 Å². The van der Waals surface area contributed by atoms with E-state index in [-0.39, 0.29) is 11.5 Å². The maximum Gasteiger partial charge on any atom is 0.266 e. The highest BCUT2D eigenvalue weighted by molar-refractivity contribution is 8.26. The molecule has 5 nitrogen and oxygen atoms in total. The third-order valence-electron chi connectivity index (χ3n) is 5.82. The molecule has 1 amide bonds. The van der Waals surface area contributed by atoms with Crippen LogP contribution < -0.4 is 5.56 Å². The maximum atomic E-state index is 13.6. The molecule has 2 aromatic carbocycles. The molecule has 1 aliphatic rings. The van der Waals surface area contributed by atoms with Gasteiger partial charge in [0.15, 0.2) is 0 Å². The van der Waals surface area contributed by atoms with Gasteiger partial charge in [-0.15, -0.1) is 0 Å². The number of pyridine rings is 1. The molecule has 0 spiro atoms. The third kappa shape index (κ3) is 5.02. The number of hydrogen-bond acceptors (Lipinski definition) is 6. The number of amides is 1. The first-order valence-corrected chi connectivity index (χ1v) is 13.4. The topological polar surface area (TPSA) is 54.7 Å². The fourth-order valence-corrected chi connectivity index (χ4v) is 5.93. The number of carbonyl (C=O) groups is 1. The molecule has 2 aromatic heterocycles. The predicted octanol–water partition coefficient (Wildman–Crippen LogP) is 6.17. The first-order chi connectivity index (χ1) is 17.3. The summed E-state index contributed by atoms with van der Waals surface area (Å²) in [5.74, 6) is -0.203. The summed E-state index contributed by atoms with van der Waals surface area (Å²) in [4.78, 5) is 34.7. The zero-order chi connectivity index (χ0) is 25.4. The van der Waals surface area contributed by atoms with Crippen LogP contribution in [0.3, 0.4) is 0 Å². The van der Waals surface area contributed by atoms with E-state index in [9.17, 15) is 9.59 Å². The van der Waals surface area contributed by atoms with Gasteiger partial charge in [-0.25, -0.2) is 4.98 Å². The molecule has 4 aromatic rings. The summed E-state index contributed by atoms with van der Waals surface area (Å²) in [5, 5.41) is 0.552. The lowest BCUT2D eigenvalue weighted by atomic mass is 10.1. The highest BCUT2D eigenvalue weighted by atomic mass is 32.2. The van der Waals surface area contributed by atoms with Gasteiger partial charge in [-0.1, -0.05) is 89.3 Å². The van der Waals surface area contributed by atoms with Crippen molar-refractivity contribution in [2.75, 3.05) is 0 Å². The molecule has 0 N–H and O–H groups in total. The standard InChI is InChI=1S/C28H23N3O2S3/c1-17-4-9-20(10-5-17)16-31-27(33)23(36-28(31)34)14-22-25(35-21-11-6-18(2)7-12-21)29-24-13-8-19(3)15-30(24)26(22)32/h4-15H,16H2,1-3H3. The lowest BCUT2D eigenvalue weighted by Crippen LogP contribution is -2.27. The molecule has 1 fully saturated rings. The number of hydrogen-bond donors (Lipinski definition) is 0. The van der Waals surface area contributed by atoms with Gasteiger partial charge in [-0.05, 0) is 56.2 Å². The molecule has 0 aliphatic carbocycles. The van der Waals surface area contributed by atoms with E-state index in [4.69, 9.17) is 17.2 Å². The molecule has 0 saturated carbocycles. The molecule has 0 bridgehead atoms. The van der Waals surface area contributed by atoms with Crippen LogP contribution in [0.4, 0.5) is 0 Å². The Morgan fingerprint density at radius 1 is 0.917 bits per heavy atom. The monoisotopic (exact) mass is 529 g/mol. The Morgan fingerprint density at radius 2 is 1.56 bits per heavy atom. The smallest absolute Gasteiger partial charge is 0.266 e. The van der Waals surface area contributed by atoms with E-state index in [2.05, 4.69) is 0 Å². The molecule has 5 rings (SSSR count). The molecule has 8 heteroatoms. The molecule has 0 unspecified atom stereocenters. The van der Waals surface area contributed by atoms with Gasteiger partial charge in [-0.3, -0.25) is 18.9 Å². The van der Waals surface area contributed by atoms with Gasteiger partial charge in [0.2, 0.25) is 0 Å². The number of carbonyl (C=O) groups excluding carboxylic acids is 1.